The maximum Gasteiger partial charge on any atom is 0.243 e. The second-order valence-electron chi connectivity index (χ2n) is 8.01. The van der Waals surface area contributed by atoms with Gasteiger partial charge in [-0.3, -0.25) is 9.59 Å². The summed E-state index contributed by atoms with van der Waals surface area (Å²) in [4.78, 5) is 28.0. The lowest BCUT2D eigenvalue weighted by molar-refractivity contribution is -0.111. The molecule has 4 nitrogen and oxygen atoms in total. The number of likely N-dealkylation sites (tertiary alicyclic amines) is 1. The fourth-order valence-corrected chi connectivity index (χ4v) is 5.64. The van der Waals surface area contributed by atoms with Crippen LogP contribution in [-0.4, -0.2) is 47.5 Å². The van der Waals surface area contributed by atoms with E-state index in [0.717, 1.165) is 50.2 Å². The van der Waals surface area contributed by atoms with Crippen LogP contribution in [0.2, 0.25) is 0 Å². The Kier molecular flexibility index (Phi) is 4.80. The van der Waals surface area contributed by atoms with Crippen LogP contribution < -0.4 is 0 Å². The number of allylic oxidation sites excluding steroid dienone is 1. The van der Waals surface area contributed by atoms with Crippen LogP contribution in [0.1, 0.15) is 34.3 Å². The summed E-state index contributed by atoms with van der Waals surface area (Å²) < 4.78 is 6.53. The number of hydrogen-bond donors (Lipinski definition) is 0. The number of ether oxygens (including phenoxy) is 1. The Balaban J connectivity index is 1.29. The Hall–Kier alpha value is -2.37. The summed E-state index contributed by atoms with van der Waals surface area (Å²) in [6.45, 7) is 3.03. The normalized spacial score (nSPS) is 21.0. The Morgan fingerprint density at radius 1 is 0.897 bits per heavy atom. The molecule has 2 aromatic carbocycles. The van der Waals surface area contributed by atoms with Gasteiger partial charge in [0.2, 0.25) is 11.6 Å². The molecule has 0 unspecified atom stereocenters. The third-order valence-corrected chi connectivity index (χ3v) is 7.49. The lowest BCUT2D eigenvalue weighted by atomic mass is 9.90. The van der Waals surface area contributed by atoms with E-state index in [0.29, 0.717) is 16.2 Å². The molecule has 0 N–H and O–H groups in total. The number of carbonyl (C=O) groups excluding carboxylic acids is 2. The van der Waals surface area contributed by atoms with E-state index in [4.69, 9.17) is 4.74 Å². The van der Waals surface area contributed by atoms with Crippen LogP contribution >= 0.6 is 11.8 Å². The lowest BCUT2D eigenvalue weighted by Gasteiger charge is -2.45. The monoisotopic (exact) mass is 405 g/mol. The fourth-order valence-electron chi connectivity index (χ4n) is 4.37. The van der Waals surface area contributed by atoms with Crippen molar-refractivity contribution in [2.75, 3.05) is 25.4 Å². The van der Waals surface area contributed by atoms with Crippen LogP contribution in [0.15, 0.2) is 59.5 Å². The number of ketones is 2. The molecule has 5 rings (SSSR count). The molecule has 0 saturated carbocycles. The van der Waals surface area contributed by atoms with Crippen molar-refractivity contribution < 1.29 is 14.3 Å². The first-order chi connectivity index (χ1) is 14.2. The first kappa shape index (κ1) is 18.6. The second-order valence-corrected chi connectivity index (χ2v) is 9.00. The van der Waals surface area contributed by atoms with Crippen molar-refractivity contribution in [3.05, 3.63) is 76.2 Å². The van der Waals surface area contributed by atoms with E-state index in [-0.39, 0.29) is 5.60 Å². The van der Waals surface area contributed by atoms with Crippen LogP contribution in [0.5, 0.6) is 0 Å². The molecule has 1 spiro atoms. The molecule has 0 amide bonds. The van der Waals surface area contributed by atoms with E-state index in [1.807, 2.05) is 12.1 Å². The number of nitrogens with zero attached hydrogens (tertiary/aromatic N) is 1. The van der Waals surface area contributed by atoms with Crippen molar-refractivity contribution in [3.8, 4) is 0 Å². The van der Waals surface area contributed by atoms with Crippen molar-refractivity contribution >= 4 is 29.1 Å². The number of fused-ring (bicyclic) bond motifs is 2. The number of hydrogen-bond acceptors (Lipinski definition) is 5. The Morgan fingerprint density at radius 3 is 2.34 bits per heavy atom. The summed E-state index contributed by atoms with van der Waals surface area (Å²) in [6, 6.07) is 17.9. The molecule has 0 aromatic heterocycles. The van der Waals surface area contributed by atoms with Crippen molar-refractivity contribution in [2.24, 2.45) is 0 Å². The highest BCUT2D eigenvalue weighted by atomic mass is 32.2. The summed E-state index contributed by atoms with van der Waals surface area (Å²) >= 11 is 1.51. The molecular weight excluding hydrogens is 382 g/mol. The van der Waals surface area contributed by atoms with Gasteiger partial charge in [-0.05, 0) is 12.0 Å². The van der Waals surface area contributed by atoms with E-state index in [9.17, 15) is 9.59 Å². The Labute approximate surface area is 174 Å². The predicted octanol–water partition coefficient (Wildman–Crippen LogP) is 3.96. The number of thioether (sulfide) groups is 1. The highest BCUT2D eigenvalue weighted by Crippen LogP contribution is 2.47. The molecule has 2 heterocycles. The topological polar surface area (TPSA) is 46.6 Å². The van der Waals surface area contributed by atoms with Gasteiger partial charge in [0, 0.05) is 49.4 Å². The quantitative estimate of drug-likeness (QED) is 0.724. The van der Waals surface area contributed by atoms with Crippen molar-refractivity contribution in [1.82, 2.24) is 4.90 Å². The first-order valence-electron chi connectivity index (χ1n) is 10.2. The molecular formula is C24H23NO3S. The average molecular weight is 406 g/mol. The lowest BCUT2D eigenvalue weighted by Crippen LogP contribution is -2.49. The van der Waals surface area contributed by atoms with E-state index in [1.54, 1.807) is 12.1 Å². The zero-order valence-electron chi connectivity index (χ0n) is 16.2. The van der Waals surface area contributed by atoms with E-state index in [2.05, 4.69) is 35.2 Å². The van der Waals surface area contributed by atoms with Gasteiger partial charge in [0.1, 0.15) is 16.3 Å². The van der Waals surface area contributed by atoms with Gasteiger partial charge in [0.25, 0.3) is 0 Å². The van der Waals surface area contributed by atoms with Gasteiger partial charge < -0.3 is 9.64 Å². The first-order valence-corrected chi connectivity index (χ1v) is 11.1. The minimum atomic E-state index is -0.418. The molecule has 5 heteroatoms. The van der Waals surface area contributed by atoms with Gasteiger partial charge >= 0.3 is 0 Å². The maximum atomic E-state index is 12.5. The van der Waals surface area contributed by atoms with Crippen LogP contribution in [-0.2, 0) is 16.0 Å². The molecule has 148 valence electrons. The fraction of sp³-hybridized carbons (Fsp3) is 0.333. The van der Waals surface area contributed by atoms with Gasteiger partial charge in [-0.25, -0.2) is 0 Å². The van der Waals surface area contributed by atoms with Gasteiger partial charge in [-0.1, -0.05) is 54.6 Å². The average Bonchev–Trinajstić information content (AvgIpc) is 2.78. The molecule has 0 bridgehead atoms. The molecule has 0 radical (unpaired) electrons. The van der Waals surface area contributed by atoms with Crippen molar-refractivity contribution in [1.29, 1.82) is 0 Å². The van der Waals surface area contributed by atoms with Crippen molar-refractivity contribution in [3.63, 3.8) is 0 Å². The number of rotatable bonds is 3. The molecule has 29 heavy (non-hydrogen) atoms. The standard InChI is InChI=1S/C24H23NO3S/c26-20-18-8-4-5-9-19(18)22-23(21(20)27)29-16-24(28-22)11-14-25(15-12-24)13-10-17-6-2-1-3-7-17/h1-9H,10-16H2. The SMILES string of the molecule is O=C1C(=O)c2ccccc2C2=C1SCC1(CCN(CCc3ccccc3)CC1)O2. The van der Waals surface area contributed by atoms with E-state index >= 15 is 0 Å². The minimum absolute atomic E-state index is 0.249. The second kappa shape index (κ2) is 7.47. The summed E-state index contributed by atoms with van der Waals surface area (Å²) in [5.41, 5.74) is 2.36. The number of benzene rings is 2. The van der Waals surface area contributed by atoms with Gasteiger partial charge in [0.15, 0.2) is 0 Å². The van der Waals surface area contributed by atoms with Crippen LogP contribution in [0.3, 0.4) is 0 Å². The largest absolute Gasteiger partial charge is 0.484 e. The Bertz CT molecular complexity index is 990. The number of carbonyl (C=O) groups is 2. The predicted molar refractivity (Wildman–Crippen MR) is 115 cm³/mol. The third-order valence-electron chi connectivity index (χ3n) is 6.16. The molecule has 2 aliphatic heterocycles. The Morgan fingerprint density at radius 2 is 1.59 bits per heavy atom. The summed E-state index contributed by atoms with van der Waals surface area (Å²) in [5, 5.41) is 0. The third kappa shape index (κ3) is 3.43. The van der Waals surface area contributed by atoms with Gasteiger partial charge in [-0.15, -0.1) is 11.8 Å². The highest BCUT2D eigenvalue weighted by Gasteiger charge is 2.45. The smallest absolute Gasteiger partial charge is 0.243 e. The summed E-state index contributed by atoms with van der Waals surface area (Å²) in [7, 11) is 0. The highest BCUT2D eigenvalue weighted by molar-refractivity contribution is 8.04. The van der Waals surface area contributed by atoms with E-state index in [1.165, 1.54) is 17.3 Å². The molecule has 1 fully saturated rings. The van der Waals surface area contributed by atoms with E-state index < -0.39 is 11.6 Å². The molecule has 0 atom stereocenters. The van der Waals surface area contributed by atoms with Gasteiger partial charge in [-0.2, -0.15) is 0 Å². The number of piperidine rings is 1. The molecule has 1 saturated heterocycles. The summed E-state index contributed by atoms with van der Waals surface area (Å²) in [6.07, 6.45) is 2.94. The van der Waals surface area contributed by atoms with Crippen LogP contribution in [0, 0.1) is 0 Å². The zero-order chi connectivity index (χ0) is 19.8. The van der Waals surface area contributed by atoms with Crippen molar-refractivity contribution in [2.45, 2.75) is 24.9 Å². The maximum absolute atomic E-state index is 12.5. The molecule has 1 aliphatic carbocycles. The molecule has 2 aromatic rings. The summed E-state index contributed by atoms with van der Waals surface area (Å²) in [5.74, 6) is 0.527. The number of Topliss-reactive ketones (excluding diaryl/α,β-unsaturated/α-hetero) is 2. The van der Waals surface area contributed by atoms with Crippen LogP contribution in [0.25, 0.3) is 5.76 Å². The minimum Gasteiger partial charge on any atom is -0.484 e. The zero-order valence-corrected chi connectivity index (χ0v) is 17.0. The van der Waals surface area contributed by atoms with Crippen LogP contribution in [0.4, 0.5) is 0 Å². The molecule has 3 aliphatic rings. The van der Waals surface area contributed by atoms with Gasteiger partial charge in [0.05, 0.1) is 0 Å².